The van der Waals surface area contributed by atoms with Crippen molar-refractivity contribution in [2.45, 2.75) is 13.3 Å². The van der Waals surface area contributed by atoms with Crippen molar-refractivity contribution in [3.05, 3.63) is 41.0 Å². The second-order valence-electron chi connectivity index (χ2n) is 4.21. The summed E-state index contributed by atoms with van der Waals surface area (Å²) < 4.78 is 0. The molecule has 1 aromatic rings. The van der Waals surface area contributed by atoms with Crippen LogP contribution in [0.3, 0.4) is 0 Å². The number of hydrogen-bond donors (Lipinski definition) is 0. The van der Waals surface area contributed by atoms with Gasteiger partial charge in [-0.1, -0.05) is 17.7 Å². The molecule has 1 aliphatic heterocycles. The van der Waals surface area contributed by atoms with Crippen molar-refractivity contribution in [1.29, 1.82) is 10.5 Å². The highest BCUT2D eigenvalue weighted by molar-refractivity contribution is 5.53. The molecule has 0 spiro atoms. The third kappa shape index (κ3) is 2.29. The zero-order valence-electron chi connectivity index (χ0n) is 9.77. The Morgan fingerprint density at radius 1 is 1.18 bits per heavy atom. The van der Waals surface area contributed by atoms with Crippen LogP contribution in [-0.4, -0.2) is 13.1 Å². The van der Waals surface area contributed by atoms with Gasteiger partial charge >= 0.3 is 0 Å². The van der Waals surface area contributed by atoms with Gasteiger partial charge in [-0.05, 0) is 31.1 Å². The Morgan fingerprint density at radius 3 is 2.41 bits per heavy atom. The Bertz CT molecular complexity index is 510. The van der Waals surface area contributed by atoms with Crippen LogP contribution < -0.4 is 4.90 Å². The lowest BCUT2D eigenvalue weighted by atomic mass is 10.1. The Hall–Kier alpha value is -2.26. The molecule has 3 nitrogen and oxygen atoms in total. The zero-order valence-corrected chi connectivity index (χ0v) is 9.77. The molecule has 0 bridgehead atoms. The fourth-order valence-corrected chi connectivity index (χ4v) is 2.02. The SMILES string of the molecule is Cc1ccc(N2CCC(=C(C#N)C#N)C2)cc1. The van der Waals surface area contributed by atoms with Gasteiger partial charge in [-0.15, -0.1) is 0 Å². The fraction of sp³-hybridized carbons (Fsp3) is 0.286. The average molecular weight is 223 g/mol. The van der Waals surface area contributed by atoms with E-state index in [4.69, 9.17) is 10.5 Å². The molecule has 1 heterocycles. The molecule has 1 aliphatic rings. The minimum Gasteiger partial charge on any atom is -0.367 e. The van der Waals surface area contributed by atoms with Crippen LogP contribution in [-0.2, 0) is 0 Å². The van der Waals surface area contributed by atoms with Gasteiger partial charge in [0, 0.05) is 18.8 Å². The summed E-state index contributed by atoms with van der Waals surface area (Å²) in [6, 6.07) is 12.2. The lowest BCUT2D eigenvalue weighted by molar-refractivity contribution is 0.967. The summed E-state index contributed by atoms with van der Waals surface area (Å²) in [7, 11) is 0. The first-order valence-electron chi connectivity index (χ1n) is 5.58. The first kappa shape index (κ1) is 11.2. The van der Waals surface area contributed by atoms with Crippen LogP contribution in [0.1, 0.15) is 12.0 Å². The smallest absolute Gasteiger partial charge is 0.130 e. The van der Waals surface area contributed by atoms with Gasteiger partial charge in [-0.2, -0.15) is 10.5 Å². The maximum absolute atomic E-state index is 8.83. The third-order valence-electron chi connectivity index (χ3n) is 3.04. The number of anilines is 1. The van der Waals surface area contributed by atoms with Gasteiger partial charge in [0.05, 0.1) is 0 Å². The molecule has 2 rings (SSSR count). The van der Waals surface area contributed by atoms with E-state index >= 15 is 0 Å². The highest BCUT2D eigenvalue weighted by atomic mass is 15.1. The standard InChI is InChI=1S/C14H13N3/c1-11-2-4-14(5-3-11)17-7-6-12(10-17)13(8-15)9-16/h2-5H,6-7,10H2,1H3. The molecule has 17 heavy (non-hydrogen) atoms. The van der Waals surface area contributed by atoms with E-state index < -0.39 is 0 Å². The minimum atomic E-state index is 0.277. The number of benzene rings is 1. The number of rotatable bonds is 1. The number of nitrogens with zero attached hydrogens (tertiary/aromatic N) is 3. The number of hydrogen-bond acceptors (Lipinski definition) is 3. The Balaban J connectivity index is 2.19. The van der Waals surface area contributed by atoms with Crippen LogP contribution in [0, 0.1) is 29.6 Å². The first-order valence-corrected chi connectivity index (χ1v) is 5.58. The Labute approximate surface area is 101 Å². The molecule has 0 aromatic heterocycles. The average Bonchev–Trinajstić information content (AvgIpc) is 2.81. The normalized spacial score (nSPS) is 14.3. The summed E-state index contributed by atoms with van der Waals surface area (Å²) in [4.78, 5) is 2.20. The van der Waals surface area contributed by atoms with E-state index in [1.165, 1.54) is 5.56 Å². The van der Waals surface area contributed by atoms with Gasteiger partial charge in [0.25, 0.3) is 0 Å². The summed E-state index contributed by atoms with van der Waals surface area (Å²) in [5.41, 5.74) is 3.62. The predicted molar refractivity (Wildman–Crippen MR) is 66.3 cm³/mol. The third-order valence-corrected chi connectivity index (χ3v) is 3.04. The lowest BCUT2D eigenvalue weighted by Crippen LogP contribution is -2.17. The highest BCUT2D eigenvalue weighted by Crippen LogP contribution is 2.25. The molecule has 0 unspecified atom stereocenters. The topological polar surface area (TPSA) is 50.8 Å². The van der Waals surface area contributed by atoms with Gasteiger partial charge in [-0.3, -0.25) is 0 Å². The van der Waals surface area contributed by atoms with Crippen molar-refractivity contribution in [3.8, 4) is 12.1 Å². The summed E-state index contributed by atoms with van der Waals surface area (Å²) in [5.74, 6) is 0. The van der Waals surface area contributed by atoms with Gasteiger partial charge in [0.1, 0.15) is 17.7 Å². The second-order valence-corrected chi connectivity index (χ2v) is 4.21. The van der Waals surface area contributed by atoms with Crippen LogP contribution in [0.2, 0.25) is 0 Å². The molecule has 84 valence electrons. The van der Waals surface area contributed by atoms with E-state index in [0.717, 1.165) is 24.2 Å². The summed E-state index contributed by atoms with van der Waals surface area (Å²) in [5, 5.41) is 17.7. The number of nitriles is 2. The maximum Gasteiger partial charge on any atom is 0.130 e. The summed E-state index contributed by atoms with van der Waals surface area (Å²) in [6.07, 6.45) is 0.810. The van der Waals surface area contributed by atoms with Crippen LogP contribution in [0.5, 0.6) is 0 Å². The molecule has 1 fully saturated rings. The molecule has 0 amide bonds. The molecule has 0 N–H and O–H groups in total. The van der Waals surface area contributed by atoms with Crippen LogP contribution >= 0.6 is 0 Å². The van der Waals surface area contributed by atoms with E-state index in [1.807, 2.05) is 12.1 Å². The Morgan fingerprint density at radius 2 is 1.82 bits per heavy atom. The molecule has 0 radical (unpaired) electrons. The largest absolute Gasteiger partial charge is 0.367 e. The van der Waals surface area contributed by atoms with Crippen LogP contribution in [0.25, 0.3) is 0 Å². The molecule has 1 aromatic carbocycles. The molecule has 3 heteroatoms. The van der Waals surface area contributed by atoms with Crippen molar-refractivity contribution in [1.82, 2.24) is 0 Å². The van der Waals surface area contributed by atoms with E-state index in [0.29, 0.717) is 6.54 Å². The van der Waals surface area contributed by atoms with E-state index in [2.05, 4.69) is 36.1 Å². The monoisotopic (exact) mass is 223 g/mol. The summed E-state index contributed by atoms with van der Waals surface area (Å²) >= 11 is 0. The van der Waals surface area contributed by atoms with Crippen molar-refractivity contribution in [2.75, 3.05) is 18.0 Å². The minimum absolute atomic E-state index is 0.277. The predicted octanol–water partition coefficient (Wildman–Crippen LogP) is 2.55. The molecule has 1 saturated heterocycles. The van der Waals surface area contributed by atoms with Crippen molar-refractivity contribution < 1.29 is 0 Å². The van der Waals surface area contributed by atoms with Crippen LogP contribution in [0.4, 0.5) is 5.69 Å². The lowest BCUT2D eigenvalue weighted by Gasteiger charge is -2.17. The van der Waals surface area contributed by atoms with Crippen molar-refractivity contribution in [3.63, 3.8) is 0 Å². The number of aryl methyl sites for hydroxylation is 1. The first-order chi connectivity index (χ1) is 8.24. The van der Waals surface area contributed by atoms with Gasteiger partial charge in [-0.25, -0.2) is 0 Å². The highest BCUT2D eigenvalue weighted by Gasteiger charge is 2.20. The van der Waals surface area contributed by atoms with Crippen molar-refractivity contribution in [2.24, 2.45) is 0 Å². The maximum atomic E-state index is 8.83. The van der Waals surface area contributed by atoms with Gasteiger partial charge < -0.3 is 4.90 Å². The number of allylic oxidation sites excluding steroid dienone is 1. The molecular formula is C14H13N3. The fourth-order valence-electron chi connectivity index (χ4n) is 2.02. The van der Waals surface area contributed by atoms with E-state index in [-0.39, 0.29) is 5.57 Å². The van der Waals surface area contributed by atoms with Gasteiger partial charge in [0.2, 0.25) is 0 Å². The quantitative estimate of drug-likeness (QED) is 0.687. The van der Waals surface area contributed by atoms with Crippen LogP contribution in [0.15, 0.2) is 35.4 Å². The van der Waals surface area contributed by atoms with E-state index in [1.54, 1.807) is 0 Å². The molecule has 0 saturated carbocycles. The Kier molecular flexibility index (Phi) is 3.12. The van der Waals surface area contributed by atoms with Gasteiger partial charge in [0.15, 0.2) is 0 Å². The zero-order chi connectivity index (χ0) is 12.3. The van der Waals surface area contributed by atoms with E-state index in [9.17, 15) is 0 Å². The molecule has 0 aliphatic carbocycles. The van der Waals surface area contributed by atoms with Crippen molar-refractivity contribution >= 4 is 5.69 Å². The molecular weight excluding hydrogens is 210 g/mol. The molecule has 0 atom stereocenters. The summed E-state index contributed by atoms with van der Waals surface area (Å²) in [6.45, 7) is 3.63. The second kappa shape index (κ2) is 4.72.